The molecule has 1 aliphatic rings. The number of hydrogen-bond donors (Lipinski definition) is 4. The lowest BCUT2D eigenvalue weighted by Gasteiger charge is -2.13. The Morgan fingerprint density at radius 2 is 1.86 bits per heavy atom. The molecule has 1 unspecified atom stereocenters. The van der Waals surface area contributed by atoms with Crippen LogP contribution in [0.1, 0.15) is 39.3 Å². The van der Waals surface area contributed by atoms with Crippen molar-refractivity contribution in [2.75, 3.05) is 27.3 Å². The average molecular weight is 417 g/mol. The molecule has 164 valence electrons. The van der Waals surface area contributed by atoms with Gasteiger partial charge >= 0.3 is 11.7 Å². The molecule has 0 amide bonds. The molecule has 4 radical (unpaired) electrons. The third-order valence-corrected chi connectivity index (χ3v) is 2.68. The van der Waals surface area contributed by atoms with Gasteiger partial charge in [-0.2, -0.15) is 4.39 Å². The Morgan fingerprint density at radius 3 is 2.21 bits per heavy atom. The minimum Gasteiger partial charge on any atom is -0.475 e. The van der Waals surface area contributed by atoms with E-state index in [-0.39, 0.29) is 13.1 Å². The van der Waals surface area contributed by atoms with Gasteiger partial charge in [0.1, 0.15) is 21.9 Å². The van der Waals surface area contributed by atoms with Crippen LogP contribution in [0.3, 0.4) is 0 Å². The van der Waals surface area contributed by atoms with Crippen LogP contribution >= 0.6 is 0 Å². The monoisotopic (exact) mass is 417 g/mol. The first-order chi connectivity index (χ1) is 13.8. The highest BCUT2D eigenvalue weighted by atomic mass is 19.1. The Bertz CT molecular complexity index is 644. The number of halogens is 1. The number of nitrogens with zero attached hydrogens (tertiary/aromatic N) is 1. The number of hydrogen-bond acceptors (Lipinski definition) is 8. The van der Waals surface area contributed by atoms with Gasteiger partial charge in [-0.15, -0.1) is 0 Å². The molecule has 5 N–H and O–H groups in total. The Labute approximate surface area is 172 Å². The summed E-state index contributed by atoms with van der Waals surface area (Å²) < 4.78 is 23.3. The number of nitrogens with two attached hydrogens (primary N) is 1. The van der Waals surface area contributed by atoms with Crippen LogP contribution in [0.25, 0.3) is 0 Å². The van der Waals surface area contributed by atoms with Gasteiger partial charge in [0.05, 0.1) is 12.7 Å². The van der Waals surface area contributed by atoms with Gasteiger partial charge < -0.3 is 25.4 Å². The van der Waals surface area contributed by atoms with Gasteiger partial charge in [0, 0.05) is 26.7 Å². The second kappa shape index (κ2) is 20.8. The topological polar surface area (TPSA) is 157 Å². The molecule has 1 aromatic rings. The van der Waals surface area contributed by atoms with Gasteiger partial charge in [0.15, 0.2) is 0 Å². The molecule has 0 aliphatic carbocycles. The molecule has 29 heavy (non-hydrogen) atoms. The van der Waals surface area contributed by atoms with Crippen LogP contribution in [-0.2, 0) is 14.3 Å². The Kier molecular flexibility index (Phi) is 22.7. The molecule has 1 aromatic heterocycles. The van der Waals surface area contributed by atoms with E-state index >= 15 is 0 Å². The summed E-state index contributed by atoms with van der Waals surface area (Å²) in [4.78, 5) is 33.9. The molecule has 0 bridgehead atoms. The van der Waals surface area contributed by atoms with Crippen LogP contribution in [0.4, 0.5) is 4.39 Å². The number of esters is 1. The second-order valence-corrected chi connectivity index (χ2v) is 4.94. The van der Waals surface area contributed by atoms with Crippen molar-refractivity contribution in [1.82, 2.24) is 9.55 Å². The number of aliphatic hydroxyl groups excluding tert-OH is 2. The van der Waals surface area contributed by atoms with Crippen molar-refractivity contribution in [3.05, 3.63) is 32.9 Å². The number of rotatable bonds is 3. The summed E-state index contributed by atoms with van der Waals surface area (Å²) >= 11 is 0. The summed E-state index contributed by atoms with van der Waals surface area (Å²) in [5.41, 5.74) is 3.10. The van der Waals surface area contributed by atoms with Crippen molar-refractivity contribution in [3.8, 4) is 0 Å². The lowest BCUT2D eigenvalue weighted by molar-refractivity contribution is -0.139. The number of aromatic amines is 1. The lowest BCUT2D eigenvalue weighted by Crippen LogP contribution is -2.33. The largest absolute Gasteiger partial charge is 0.475 e. The predicted octanol–water partition coefficient (Wildman–Crippen LogP) is -1.27. The number of carbonyl (C=O) groups excluding carboxylic acids is 1. The zero-order valence-corrected chi connectivity index (χ0v) is 17.3. The van der Waals surface area contributed by atoms with E-state index in [0.29, 0.717) is 12.8 Å². The Morgan fingerprint density at radius 1 is 1.34 bits per heavy atom. The van der Waals surface area contributed by atoms with Crippen molar-refractivity contribution in [2.24, 2.45) is 5.73 Å². The molecule has 1 fully saturated rings. The van der Waals surface area contributed by atoms with Crippen LogP contribution in [0.2, 0.25) is 0 Å². The quantitative estimate of drug-likeness (QED) is 0.350. The SMILES string of the molecule is CCC.CO.CO.[B]COC(=O)CN.[B][C@@H]1CCC(n2cc(F)c(=O)[nH]c2=O)O1. The summed E-state index contributed by atoms with van der Waals surface area (Å²) in [6, 6.07) is -0.447. The highest BCUT2D eigenvalue weighted by molar-refractivity contribution is 6.11. The van der Waals surface area contributed by atoms with Crippen molar-refractivity contribution in [2.45, 2.75) is 45.3 Å². The van der Waals surface area contributed by atoms with Crippen LogP contribution in [-0.4, -0.2) is 74.7 Å². The molecule has 0 saturated carbocycles. The van der Waals surface area contributed by atoms with Gasteiger partial charge in [0.25, 0.3) is 5.56 Å². The number of ether oxygens (including phenoxy) is 2. The number of aromatic nitrogens is 2. The predicted molar refractivity (Wildman–Crippen MR) is 108 cm³/mol. The summed E-state index contributed by atoms with van der Waals surface area (Å²) in [5.74, 6) is -1.49. The Hall–Kier alpha value is -1.95. The third kappa shape index (κ3) is 14.7. The maximum atomic E-state index is 12.9. The smallest absolute Gasteiger partial charge is 0.330 e. The number of carbonyl (C=O) groups is 1. The molecule has 2 heterocycles. The second-order valence-electron chi connectivity index (χ2n) is 4.94. The lowest BCUT2D eigenvalue weighted by atomic mass is 9.98. The number of H-pyrrole nitrogens is 1. The van der Waals surface area contributed by atoms with E-state index in [0.717, 1.165) is 25.0 Å². The van der Waals surface area contributed by atoms with E-state index < -0.39 is 35.3 Å². The van der Waals surface area contributed by atoms with E-state index in [1.54, 1.807) is 0 Å². The van der Waals surface area contributed by atoms with E-state index in [1.165, 1.54) is 6.42 Å². The first kappa shape index (κ1) is 31.7. The van der Waals surface area contributed by atoms with Crippen molar-refractivity contribution in [1.29, 1.82) is 0 Å². The fourth-order valence-electron chi connectivity index (χ4n) is 1.68. The summed E-state index contributed by atoms with van der Waals surface area (Å²) in [6.45, 7) is 4.06. The average Bonchev–Trinajstić information content (AvgIpc) is 3.15. The molecule has 0 spiro atoms. The van der Waals surface area contributed by atoms with E-state index in [9.17, 15) is 18.8 Å². The summed E-state index contributed by atoms with van der Waals surface area (Å²) in [6.07, 6.45) is 2.60. The fourth-order valence-corrected chi connectivity index (χ4v) is 1.68. The maximum absolute atomic E-state index is 12.9. The van der Waals surface area contributed by atoms with E-state index in [1.807, 2.05) is 4.98 Å². The minimum absolute atomic E-state index is 0.0873. The first-order valence-corrected chi connectivity index (χ1v) is 8.67. The standard InChI is InChI=1S/C8H8BFN2O3.C3H6BNO2.C3H8.2CH4O/c9-5-1-2-6(15-5)12-3-4(10)7(13)11-8(12)14;4-2-7-3(6)1-5;1-3-2;2*1-2/h3,5-6H,1-2H2,(H,11,13,14);1-2,5H2;3H2,1-2H3;2*2H,1H3/t5-,6?;;;;/m0..../s1. The summed E-state index contributed by atoms with van der Waals surface area (Å²) in [7, 11) is 12.3. The molecular formula is C16H30B2FN3O7. The molecule has 2 rings (SSSR count). The van der Waals surface area contributed by atoms with Gasteiger partial charge in [0.2, 0.25) is 5.82 Å². The van der Waals surface area contributed by atoms with Crippen LogP contribution in [0.15, 0.2) is 15.8 Å². The van der Waals surface area contributed by atoms with Gasteiger partial charge in [-0.3, -0.25) is 19.1 Å². The van der Waals surface area contributed by atoms with Crippen LogP contribution in [0, 0.1) is 5.82 Å². The first-order valence-electron chi connectivity index (χ1n) is 8.67. The molecule has 1 aliphatic heterocycles. The highest BCUT2D eigenvalue weighted by Gasteiger charge is 2.24. The van der Waals surface area contributed by atoms with Gasteiger partial charge in [-0.25, -0.2) is 4.79 Å². The van der Waals surface area contributed by atoms with E-state index in [4.69, 9.17) is 36.4 Å². The number of aliphatic hydroxyl groups is 2. The van der Waals surface area contributed by atoms with Gasteiger partial charge in [-0.1, -0.05) is 20.3 Å². The minimum atomic E-state index is -1.03. The highest BCUT2D eigenvalue weighted by Crippen LogP contribution is 2.24. The van der Waals surface area contributed by atoms with Crippen LogP contribution < -0.4 is 17.0 Å². The van der Waals surface area contributed by atoms with Crippen molar-refractivity contribution < 1.29 is 28.9 Å². The zero-order valence-electron chi connectivity index (χ0n) is 17.3. The Balaban J connectivity index is -0.000000407. The molecule has 13 heteroatoms. The maximum Gasteiger partial charge on any atom is 0.330 e. The van der Waals surface area contributed by atoms with Gasteiger partial charge in [-0.05, 0) is 12.8 Å². The molecule has 1 saturated heterocycles. The fraction of sp³-hybridized carbons (Fsp3) is 0.688. The van der Waals surface area contributed by atoms with E-state index in [2.05, 4.69) is 18.6 Å². The van der Waals surface area contributed by atoms with Crippen molar-refractivity contribution in [3.63, 3.8) is 0 Å². The summed E-state index contributed by atoms with van der Waals surface area (Å²) in [5, 5.41) is 14.0. The normalized spacial score (nSPS) is 16.3. The van der Waals surface area contributed by atoms with Crippen molar-refractivity contribution >= 4 is 21.7 Å². The zero-order chi connectivity index (χ0) is 23.4. The third-order valence-electron chi connectivity index (χ3n) is 2.68. The molecule has 10 nitrogen and oxygen atoms in total. The molecule has 0 aromatic carbocycles. The van der Waals surface area contributed by atoms with Crippen LogP contribution in [0.5, 0.6) is 0 Å². The molecule has 2 atom stereocenters. The molecular weight excluding hydrogens is 387 g/mol. The number of nitrogens with one attached hydrogen (secondary N) is 1.